The van der Waals surface area contributed by atoms with E-state index < -0.39 is 11.8 Å². The highest BCUT2D eigenvalue weighted by Gasteiger charge is 2.41. The van der Waals surface area contributed by atoms with Crippen molar-refractivity contribution in [2.24, 2.45) is 0 Å². The maximum absolute atomic E-state index is 13.6. The van der Waals surface area contributed by atoms with Crippen molar-refractivity contribution in [2.75, 3.05) is 33.7 Å². The van der Waals surface area contributed by atoms with Gasteiger partial charge in [-0.05, 0) is 78.7 Å². The van der Waals surface area contributed by atoms with Crippen molar-refractivity contribution in [1.29, 1.82) is 0 Å². The first-order valence-electron chi connectivity index (χ1n) is 11.6. The van der Waals surface area contributed by atoms with Crippen LogP contribution in [0.4, 0.5) is 17.1 Å². The predicted molar refractivity (Wildman–Crippen MR) is 146 cm³/mol. The number of carbonyl (C=O) groups excluding carboxylic acids is 2. The maximum atomic E-state index is 13.6. The van der Waals surface area contributed by atoms with E-state index >= 15 is 0 Å². The highest BCUT2D eigenvalue weighted by Crippen LogP contribution is 2.32. The molecule has 0 spiro atoms. The molecule has 1 fully saturated rings. The SMILES string of the molecule is O=C1C(=Cc2ccc3c(c2)CCN3CCCCl)C(=O)N(c2ccccc2)C(=S)N1c1ccccc1. The van der Waals surface area contributed by atoms with E-state index in [0.717, 1.165) is 31.5 Å². The minimum absolute atomic E-state index is 0.0725. The summed E-state index contributed by atoms with van der Waals surface area (Å²) in [6, 6.07) is 24.4. The Kier molecular flexibility index (Phi) is 6.66. The summed E-state index contributed by atoms with van der Waals surface area (Å²) in [5.41, 5.74) is 4.52. The van der Waals surface area contributed by atoms with Crippen LogP contribution < -0.4 is 14.7 Å². The van der Waals surface area contributed by atoms with Gasteiger partial charge in [-0.1, -0.05) is 42.5 Å². The first kappa shape index (κ1) is 23.3. The molecule has 176 valence electrons. The van der Waals surface area contributed by atoms with Gasteiger partial charge in [0.25, 0.3) is 11.8 Å². The zero-order valence-electron chi connectivity index (χ0n) is 19.1. The average molecular weight is 502 g/mol. The second-order valence-electron chi connectivity index (χ2n) is 8.46. The van der Waals surface area contributed by atoms with Crippen molar-refractivity contribution in [3.8, 4) is 0 Å². The molecule has 0 unspecified atom stereocenters. The molecule has 5 rings (SSSR count). The fraction of sp³-hybridized carbons (Fsp3) is 0.179. The van der Waals surface area contributed by atoms with E-state index in [1.54, 1.807) is 6.08 Å². The van der Waals surface area contributed by atoms with Gasteiger partial charge in [-0.25, -0.2) is 0 Å². The number of carbonyl (C=O) groups is 2. The molecule has 0 aromatic heterocycles. The molecule has 0 saturated carbocycles. The first-order valence-corrected chi connectivity index (χ1v) is 12.5. The van der Waals surface area contributed by atoms with E-state index in [-0.39, 0.29) is 10.7 Å². The zero-order valence-corrected chi connectivity index (χ0v) is 20.6. The van der Waals surface area contributed by atoms with Crippen LogP contribution >= 0.6 is 23.8 Å². The van der Waals surface area contributed by atoms with E-state index in [1.807, 2.05) is 66.7 Å². The molecule has 2 aliphatic heterocycles. The topological polar surface area (TPSA) is 43.9 Å². The lowest BCUT2D eigenvalue weighted by molar-refractivity contribution is -0.120. The fourth-order valence-electron chi connectivity index (χ4n) is 4.57. The van der Waals surface area contributed by atoms with Gasteiger partial charge >= 0.3 is 0 Å². The van der Waals surface area contributed by atoms with Crippen LogP contribution in [0.25, 0.3) is 6.08 Å². The van der Waals surface area contributed by atoms with Gasteiger partial charge in [0, 0.05) is 24.7 Å². The average Bonchev–Trinajstić information content (AvgIpc) is 3.29. The molecule has 35 heavy (non-hydrogen) atoms. The van der Waals surface area contributed by atoms with Gasteiger partial charge in [0.2, 0.25) is 0 Å². The lowest BCUT2D eigenvalue weighted by Gasteiger charge is -2.36. The quantitative estimate of drug-likeness (QED) is 0.196. The standard InChI is InChI=1S/C28H24ClN3O2S/c29-15-7-16-30-17-14-21-18-20(12-13-25(21)30)19-24-26(33)31(22-8-3-1-4-9-22)28(35)32(27(24)34)23-10-5-2-6-11-23/h1-6,8-13,18-19H,7,14-17H2. The van der Waals surface area contributed by atoms with E-state index in [4.69, 9.17) is 23.8 Å². The molecule has 3 aromatic rings. The fourth-order valence-corrected chi connectivity index (χ4v) is 5.06. The van der Waals surface area contributed by atoms with E-state index in [9.17, 15) is 9.59 Å². The number of nitrogens with zero attached hydrogens (tertiary/aromatic N) is 3. The van der Waals surface area contributed by atoms with E-state index in [1.165, 1.54) is 21.1 Å². The van der Waals surface area contributed by atoms with E-state index in [0.29, 0.717) is 17.3 Å². The van der Waals surface area contributed by atoms with Crippen LogP contribution in [0.5, 0.6) is 0 Å². The number of rotatable bonds is 6. The van der Waals surface area contributed by atoms with Crippen molar-refractivity contribution in [1.82, 2.24) is 0 Å². The Balaban J connectivity index is 1.55. The summed E-state index contributed by atoms with van der Waals surface area (Å²) >= 11 is 11.5. The molecule has 2 aliphatic rings. The number of anilines is 3. The molecule has 2 heterocycles. The summed E-state index contributed by atoms with van der Waals surface area (Å²) in [5, 5.41) is 0.137. The third-order valence-corrected chi connectivity index (χ3v) is 6.88. The van der Waals surface area contributed by atoms with Crippen molar-refractivity contribution < 1.29 is 9.59 Å². The lowest BCUT2D eigenvalue weighted by Crippen LogP contribution is -2.56. The summed E-state index contributed by atoms with van der Waals surface area (Å²) in [6.07, 6.45) is 3.53. The van der Waals surface area contributed by atoms with Crippen molar-refractivity contribution in [3.05, 3.63) is 95.6 Å². The molecular formula is C28H24ClN3O2S. The number of amides is 2. The van der Waals surface area contributed by atoms with Crippen LogP contribution in [-0.4, -0.2) is 35.9 Å². The summed E-state index contributed by atoms with van der Waals surface area (Å²) in [4.78, 5) is 32.5. The summed E-state index contributed by atoms with van der Waals surface area (Å²) in [6.45, 7) is 1.87. The highest BCUT2D eigenvalue weighted by atomic mass is 35.5. The highest BCUT2D eigenvalue weighted by molar-refractivity contribution is 7.81. The molecule has 0 atom stereocenters. The molecule has 3 aromatic carbocycles. The van der Waals surface area contributed by atoms with Gasteiger partial charge in [0.05, 0.1) is 11.4 Å². The summed E-state index contributed by atoms with van der Waals surface area (Å²) in [5.74, 6) is -0.219. The van der Waals surface area contributed by atoms with Crippen LogP contribution in [0.3, 0.4) is 0 Å². The zero-order chi connectivity index (χ0) is 24.4. The number of para-hydroxylation sites is 2. The number of benzene rings is 3. The van der Waals surface area contributed by atoms with Crippen LogP contribution in [0.2, 0.25) is 0 Å². The minimum Gasteiger partial charge on any atom is -0.371 e. The van der Waals surface area contributed by atoms with Crippen LogP contribution in [0.1, 0.15) is 17.5 Å². The molecule has 7 heteroatoms. The smallest absolute Gasteiger partial charge is 0.270 e. The van der Waals surface area contributed by atoms with Crippen LogP contribution in [0.15, 0.2) is 84.4 Å². The van der Waals surface area contributed by atoms with Crippen LogP contribution in [-0.2, 0) is 16.0 Å². The van der Waals surface area contributed by atoms with E-state index in [2.05, 4.69) is 17.0 Å². The Labute approximate surface area is 215 Å². The van der Waals surface area contributed by atoms with Gasteiger partial charge < -0.3 is 4.90 Å². The van der Waals surface area contributed by atoms with Gasteiger partial charge in [-0.3, -0.25) is 19.4 Å². The normalized spacial score (nSPS) is 15.6. The Morgan fingerprint density at radius 1 is 0.857 bits per heavy atom. The number of alkyl halides is 1. The molecule has 0 bridgehead atoms. The third-order valence-electron chi connectivity index (χ3n) is 6.25. The third kappa shape index (κ3) is 4.47. The summed E-state index contributed by atoms with van der Waals surface area (Å²) in [7, 11) is 0. The lowest BCUT2D eigenvalue weighted by atomic mass is 10.0. The molecule has 0 radical (unpaired) electrons. The monoisotopic (exact) mass is 501 g/mol. The van der Waals surface area contributed by atoms with Crippen molar-refractivity contribution in [3.63, 3.8) is 0 Å². The van der Waals surface area contributed by atoms with Gasteiger partial charge in [0.1, 0.15) is 5.57 Å². The first-order chi connectivity index (χ1) is 17.1. The predicted octanol–water partition coefficient (Wildman–Crippen LogP) is 5.43. The molecule has 0 N–H and O–H groups in total. The minimum atomic E-state index is -0.428. The summed E-state index contributed by atoms with van der Waals surface area (Å²) < 4.78 is 0. The Hall–Kier alpha value is -3.48. The Morgan fingerprint density at radius 3 is 2.03 bits per heavy atom. The molecule has 2 amide bonds. The second-order valence-corrected chi connectivity index (χ2v) is 9.20. The van der Waals surface area contributed by atoms with Crippen molar-refractivity contribution in [2.45, 2.75) is 12.8 Å². The Bertz CT molecular complexity index is 1250. The molecular weight excluding hydrogens is 478 g/mol. The number of thiocarbonyl (C=S) groups is 1. The largest absolute Gasteiger partial charge is 0.371 e. The number of fused-ring (bicyclic) bond motifs is 1. The number of hydrogen-bond donors (Lipinski definition) is 0. The van der Waals surface area contributed by atoms with Gasteiger partial charge in [0.15, 0.2) is 5.11 Å². The van der Waals surface area contributed by atoms with Gasteiger partial charge in [-0.2, -0.15) is 0 Å². The molecule has 0 aliphatic carbocycles. The molecule has 5 nitrogen and oxygen atoms in total. The maximum Gasteiger partial charge on any atom is 0.270 e. The molecule has 1 saturated heterocycles. The van der Waals surface area contributed by atoms with Crippen molar-refractivity contribution >= 4 is 63.9 Å². The van der Waals surface area contributed by atoms with Gasteiger partial charge in [-0.15, -0.1) is 11.6 Å². The van der Waals surface area contributed by atoms with Crippen LogP contribution in [0, 0.1) is 0 Å². The number of hydrogen-bond acceptors (Lipinski definition) is 4. The number of halogens is 1. The second kappa shape index (κ2) is 10.0. The Morgan fingerprint density at radius 2 is 1.46 bits per heavy atom.